The number of methoxy groups -OCH3 is 1. The van der Waals surface area contributed by atoms with Crippen molar-refractivity contribution >= 4 is 17.7 Å². The summed E-state index contributed by atoms with van der Waals surface area (Å²) in [6.45, 7) is 7.53. The summed E-state index contributed by atoms with van der Waals surface area (Å²) < 4.78 is 11.6. The van der Waals surface area contributed by atoms with Crippen LogP contribution in [0.15, 0.2) is 54.6 Å². The first-order chi connectivity index (χ1) is 17.6. The second-order valence-electron chi connectivity index (χ2n) is 11.0. The van der Waals surface area contributed by atoms with Crippen molar-refractivity contribution in [3.8, 4) is 5.75 Å². The van der Waals surface area contributed by atoms with Gasteiger partial charge in [-0.05, 0) is 29.2 Å². The lowest BCUT2D eigenvalue weighted by Gasteiger charge is -2.44. The summed E-state index contributed by atoms with van der Waals surface area (Å²) in [4.78, 5) is 43.6. The van der Waals surface area contributed by atoms with Crippen molar-refractivity contribution in [3.63, 3.8) is 0 Å². The number of amides is 3. The first kappa shape index (κ1) is 26.7. The van der Waals surface area contributed by atoms with Gasteiger partial charge in [-0.3, -0.25) is 19.3 Å². The second kappa shape index (κ2) is 10.9. The Morgan fingerprint density at radius 2 is 1.76 bits per heavy atom. The van der Waals surface area contributed by atoms with E-state index in [4.69, 9.17) is 9.47 Å². The summed E-state index contributed by atoms with van der Waals surface area (Å²) in [6, 6.07) is 15.8. The van der Waals surface area contributed by atoms with Gasteiger partial charge >= 0.3 is 0 Å². The molecule has 2 fully saturated rings. The molecule has 8 nitrogen and oxygen atoms in total. The molecule has 0 saturated carbocycles. The highest BCUT2D eigenvalue weighted by Crippen LogP contribution is 2.39. The highest BCUT2D eigenvalue weighted by molar-refractivity contribution is 5.98. The monoisotopic (exact) mass is 507 g/mol. The minimum atomic E-state index is -0.951. The Labute approximate surface area is 218 Å². The maximum absolute atomic E-state index is 13.9. The van der Waals surface area contributed by atoms with Gasteiger partial charge < -0.3 is 19.7 Å². The number of ether oxygens (including phenoxy) is 2. The van der Waals surface area contributed by atoms with Gasteiger partial charge in [0.05, 0.1) is 13.7 Å². The van der Waals surface area contributed by atoms with Crippen molar-refractivity contribution in [3.05, 3.63) is 65.7 Å². The van der Waals surface area contributed by atoms with Crippen LogP contribution in [-0.4, -0.2) is 66.1 Å². The van der Waals surface area contributed by atoms with E-state index in [1.165, 1.54) is 0 Å². The van der Waals surface area contributed by atoms with E-state index in [0.717, 1.165) is 5.56 Å². The summed E-state index contributed by atoms with van der Waals surface area (Å²) >= 11 is 0. The highest BCUT2D eigenvalue weighted by atomic mass is 16.5. The van der Waals surface area contributed by atoms with Crippen LogP contribution in [0.5, 0.6) is 5.75 Å². The fourth-order valence-electron chi connectivity index (χ4n) is 5.04. The van der Waals surface area contributed by atoms with Crippen LogP contribution in [0.1, 0.15) is 56.0 Å². The predicted molar refractivity (Wildman–Crippen MR) is 140 cm³/mol. The van der Waals surface area contributed by atoms with Gasteiger partial charge in [-0.2, -0.15) is 0 Å². The third-order valence-electron chi connectivity index (χ3n) is 6.99. The van der Waals surface area contributed by atoms with Gasteiger partial charge in [-0.25, -0.2) is 0 Å². The van der Waals surface area contributed by atoms with Crippen molar-refractivity contribution < 1.29 is 23.9 Å². The molecule has 2 saturated heterocycles. The summed E-state index contributed by atoms with van der Waals surface area (Å²) in [6.07, 6.45) is 1.35. The van der Waals surface area contributed by atoms with E-state index in [1.54, 1.807) is 36.3 Å². The zero-order valence-corrected chi connectivity index (χ0v) is 22.2. The number of hydrogen-bond donors (Lipinski definition) is 1. The Hall–Kier alpha value is -3.39. The Balaban J connectivity index is 1.56. The van der Waals surface area contributed by atoms with E-state index < -0.39 is 11.8 Å². The van der Waals surface area contributed by atoms with E-state index in [0.29, 0.717) is 50.2 Å². The molecule has 0 radical (unpaired) electrons. The number of piperidine rings is 1. The molecule has 2 aliphatic heterocycles. The zero-order valence-electron chi connectivity index (χ0n) is 22.2. The number of benzene rings is 2. The van der Waals surface area contributed by atoms with Gasteiger partial charge in [0.15, 0.2) is 0 Å². The van der Waals surface area contributed by atoms with Crippen LogP contribution in [0.2, 0.25) is 0 Å². The van der Waals surface area contributed by atoms with Gasteiger partial charge in [-0.15, -0.1) is 0 Å². The molecule has 0 bridgehead atoms. The maximum atomic E-state index is 13.9. The van der Waals surface area contributed by atoms with Gasteiger partial charge in [-0.1, -0.05) is 57.2 Å². The average Bonchev–Trinajstić information content (AvgIpc) is 3.25. The zero-order chi connectivity index (χ0) is 26.6. The molecule has 1 N–H and O–H groups in total. The third-order valence-corrected chi connectivity index (χ3v) is 6.99. The summed E-state index contributed by atoms with van der Waals surface area (Å²) in [7, 11) is 1.55. The number of nitrogens with zero attached hydrogens (tertiary/aromatic N) is 2. The van der Waals surface area contributed by atoms with Crippen molar-refractivity contribution in [2.75, 3.05) is 26.8 Å². The van der Waals surface area contributed by atoms with Crippen LogP contribution in [0, 0.1) is 5.41 Å². The van der Waals surface area contributed by atoms with Crippen molar-refractivity contribution in [2.45, 2.75) is 58.3 Å². The molecule has 0 aromatic heterocycles. The fraction of sp³-hybridized carbons (Fsp3) is 0.483. The van der Waals surface area contributed by atoms with Gasteiger partial charge in [0.1, 0.15) is 17.5 Å². The molecule has 2 aromatic carbocycles. The first-order valence-corrected chi connectivity index (χ1v) is 12.8. The molecule has 3 amide bonds. The smallest absolute Gasteiger partial charge is 0.257 e. The largest absolute Gasteiger partial charge is 0.497 e. The molecule has 2 aliphatic rings. The molecule has 4 rings (SSSR count). The van der Waals surface area contributed by atoms with E-state index in [2.05, 4.69) is 5.32 Å². The molecule has 37 heavy (non-hydrogen) atoms. The SMILES string of the molecule is COc1cccc(C(=O)N2[C@H](C(=O)NCc3ccccc3)COC23CCN(C(=O)CC(C)(C)C)CC3)c1. The van der Waals surface area contributed by atoms with E-state index >= 15 is 0 Å². The Kier molecular flexibility index (Phi) is 7.87. The molecule has 1 spiro atoms. The number of carbonyl (C=O) groups is 3. The second-order valence-corrected chi connectivity index (χ2v) is 11.0. The quantitative estimate of drug-likeness (QED) is 0.646. The maximum Gasteiger partial charge on any atom is 0.257 e. The van der Waals surface area contributed by atoms with Crippen molar-refractivity contribution in [1.29, 1.82) is 0 Å². The predicted octanol–water partition coefficient (Wildman–Crippen LogP) is 3.61. The lowest BCUT2D eigenvalue weighted by molar-refractivity contribution is -0.145. The fourth-order valence-corrected chi connectivity index (χ4v) is 5.04. The minimum absolute atomic E-state index is 0.100. The van der Waals surface area contributed by atoms with Gasteiger partial charge in [0.2, 0.25) is 11.8 Å². The standard InChI is InChI=1S/C29H37N3O5/c1-28(2,3)18-25(33)31-15-13-29(14-16-31)32(27(35)22-11-8-12-23(17-22)36-4)24(20-37-29)26(34)30-19-21-9-6-5-7-10-21/h5-12,17,24H,13-16,18-20H2,1-4H3,(H,30,34)/t24-/m0/s1. The molecular weight excluding hydrogens is 470 g/mol. The molecule has 2 heterocycles. The van der Waals surface area contributed by atoms with E-state index in [9.17, 15) is 14.4 Å². The lowest BCUT2D eigenvalue weighted by Crippen LogP contribution is -2.59. The number of nitrogens with one attached hydrogen (secondary N) is 1. The Bertz CT molecular complexity index is 1120. The topological polar surface area (TPSA) is 88.2 Å². The van der Waals surface area contributed by atoms with Crippen molar-refractivity contribution in [2.24, 2.45) is 5.41 Å². The van der Waals surface area contributed by atoms with Crippen LogP contribution >= 0.6 is 0 Å². The molecule has 0 aliphatic carbocycles. The first-order valence-electron chi connectivity index (χ1n) is 12.8. The lowest BCUT2D eigenvalue weighted by atomic mass is 9.90. The average molecular weight is 508 g/mol. The number of carbonyl (C=O) groups excluding carboxylic acids is 3. The van der Waals surface area contributed by atoms with E-state index in [-0.39, 0.29) is 29.7 Å². The number of rotatable bonds is 6. The minimum Gasteiger partial charge on any atom is -0.497 e. The van der Waals surface area contributed by atoms with Crippen molar-refractivity contribution in [1.82, 2.24) is 15.1 Å². The molecule has 198 valence electrons. The molecule has 8 heteroatoms. The van der Waals surface area contributed by atoms with Crippen LogP contribution in [0.3, 0.4) is 0 Å². The summed E-state index contributed by atoms with van der Waals surface area (Å²) in [5.41, 5.74) is 0.344. The van der Waals surface area contributed by atoms with Crippen LogP contribution in [0.4, 0.5) is 0 Å². The third kappa shape index (κ3) is 6.13. The van der Waals surface area contributed by atoms with E-state index in [1.807, 2.05) is 56.0 Å². The van der Waals surface area contributed by atoms with Gasteiger partial charge in [0, 0.05) is 44.5 Å². The Morgan fingerprint density at radius 1 is 1.05 bits per heavy atom. The summed E-state index contributed by atoms with van der Waals surface area (Å²) in [5.74, 6) is 0.116. The van der Waals surface area contributed by atoms with Crippen LogP contribution < -0.4 is 10.1 Å². The number of likely N-dealkylation sites (tertiary alicyclic amines) is 1. The van der Waals surface area contributed by atoms with Crippen LogP contribution in [0.25, 0.3) is 0 Å². The summed E-state index contributed by atoms with van der Waals surface area (Å²) in [5, 5.41) is 2.97. The molecule has 2 aromatic rings. The van der Waals surface area contributed by atoms with Gasteiger partial charge in [0.25, 0.3) is 5.91 Å². The molecule has 1 atom stereocenters. The molecular formula is C29H37N3O5. The highest BCUT2D eigenvalue weighted by Gasteiger charge is 2.54. The normalized spacial score (nSPS) is 19.1. The number of hydrogen-bond acceptors (Lipinski definition) is 5. The molecule has 0 unspecified atom stereocenters. The Morgan fingerprint density at radius 3 is 2.41 bits per heavy atom. The van der Waals surface area contributed by atoms with Crippen LogP contribution in [-0.2, 0) is 20.9 Å².